The van der Waals surface area contributed by atoms with Gasteiger partial charge in [-0.1, -0.05) is 18.2 Å². The molecular formula is C15H17N3O2. The van der Waals surface area contributed by atoms with E-state index < -0.39 is 0 Å². The van der Waals surface area contributed by atoms with Crippen molar-refractivity contribution in [1.82, 2.24) is 4.90 Å². The molecule has 0 spiro atoms. The third kappa shape index (κ3) is 2.97. The number of benzene rings is 1. The predicted octanol–water partition coefficient (Wildman–Crippen LogP) is 1.47. The van der Waals surface area contributed by atoms with Crippen molar-refractivity contribution in [3.8, 4) is 6.07 Å². The molecule has 5 nitrogen and oxygen atoms in total. The zero-order valence-corrected chi connectivity index (χ0v) is 11.5. The predicted molar refractivity (Wildman–Crippen MR) is 75.0 cm³/mol. The lowest BCUT2D eigenvalue weighted by molar-refractivity contribution is -0.145. The van der Waals surface area contributed by atoms with E-state index in [1.807, 2.05) is 37.3 Å². The van der Waals surface area contributed by atoms with E-state index in [1.54, 1.807) is 4.90 Å². The first-order chi connectivity index (χ1) is 9.63. The molecule has 0 aliphatic carbocycles. The van der Waals surface area contributed by atoms with Gasteiger partial charge in [0.05, 0.1) is 19.2 Å². The van der Waals surface area contributed by atoms with Crippen LogP contribution >= 0.6 is 0 Å². The number of anilines is 1. The van der Waals surface area contributed by atoms with Gasteiger partial charge in [0.2, 0.25) is 11.8 Å². The number of carbonyl (C=O) groups is 2. The second kappa shape index (κ2) is 6.20. The Bertz CT molecular complexity index is 544. The van der Waals surface area contributed by atoms with E-state index >= 15 is 0 Å². The maximum Gasteiger partial charge on any atom is 0.248 e. The van der Waals surface area contributed by atoms with Gasteiger partial charge in [-0.3, -0.25) is 14.5 Å². The van der Waals surface area contributed by atoms with Crippen LogP contribution in [0.2, 0.25) is 0 Å². The number of imide groups is 1. The summed E-state index contributed by atoms with van der Waals surface area (Å²) < 4.78 is 0. The number of nitriles is 1. The molecule has 1 aliphatic heterocycles. The van der Waals surface area contributed by atoms with Gasteiger partial charge in [0.1, 0.15) is 0 Å². The summed E-state index contributed by atoms with van der Waals surface area (Å²) >= 11 is 0. The molecule has 0 unspecified atom stereocenters. The lowest BCUT2D eigenvalue weighted by atomic mass is 10.1. The zero-order valence-electron chi connectivity index (χ0n) is 11.5. The van der Waals surface area contributed by atoms with E-state index in [9.17, 15) is 9.59 Å². The molecule has 2 amide bonds. The Hall–Kier alpha value is -2.35. The van der Waals surface area contributed by atoms with E-state index in [0.717, 1.165) is 11.3 Å². The summed E-state index contributed by atoms with van der Waals surface area (Å²) in [6.07, 6.45) is 0.900. The fourth-order valence-electron chi connectivity index (χ4n) is 2.35. The number of unbranched alkanes of at least 4 members (excludes halogenated alkanes) is 1. The summed E-state index contributed by atoms with van der Waals surface area (Å²) in [5.74, 6) is -0.384. The SMILES string of the molecule is Cc1ccccc1N1CC(=O)N(CCCC#N)C(=O)C1. The van der Waals surface area contributed by atoms with Crippen molar-refractivity contribution in [1.29, 1.82) is 5.26 Å². The molecule has 0 radical (unpaired) electrons. The second-order valence-electron chi connectivity index (χ2n) is 4.84. The van der Waals surface area contributed by atoms with E-state index in [2.05, 4.69) is 0 Å². The van der Waals surface area contributed by atoms with Crippen molar-refractivity contribution in [2.45, 2.75) is 19.8 Å². The molecule has 1 saturated heterocycles. The molecule has 0 saturated carbocycles. The van der Waals surface area contributed by atoms with E-state index in [4.69, 9.17) is 5.26 Å². The average Bonchev–Trinajstić information content (AvgIpc) is 2.42. The third-order valence-corrected chi connectivity index (χ3v) is 3.38. The zero-order chi connectivity index (χ0) is 14.5. The van der Waals surface area contributed by atoms with Gasteiger partial charge in [0, 0.05) is 18.7 Å². The number of rotatable bonds is 4. The van der Waals surface area contributed by atoms with Gasteiger partial charge < -0.3 is 4.90 Å². The molecule has 0 N–H and O–H groups in total. The van der Waals surface area contributed by atoms with Crippen LogP contribution in [0.15, 0.2) is 24.3 Å². The van der Waals surface area contributed by atoms with Crippen molar-refractivity contribution in [3.63, 3.8) is 0 Å². The van der Waals surface area contributed by atoms with Gasteiger partial charge in [0.15, 0.2) is 0 Å². The van der Waals surface area contributed by atoms with Gasteiger partial charge in [-0.05, 0) is 25.0 Å². The topological polar surface area (TPSA) is 64.4 Å². The Morgan fingerprint density at radius 3 is 2.45 bits per heavy atom. The molecule has 104 valence electrons. The van der Waals surface area contributed by atoms with E-state index in [1.165, 1.54) is 4.90 Å². The Kier molecular flexibility index (Phi) is 4.36. The van der Waals surface area contributed by atoms with E-state index in [0.29, 0.717) is 19.4 Å². The number of para-hydroxylation sites is 1. The van der Waals surface area contributed by atoms with Crippen LogP contribution in [0.3, 0.4) is 0 Å². The molecule has 0 aromatic heterocycles. The van der Waals surface area contributed by atoms with Crippen LogP contribution in [0, 0.1) is 18.3 Å². The van der Waals surface area contributed by atoms with Gasteiger partial charge in [-0.25, -0.2) is 0 Å². The number of aryl methyl sites for hydroxylation is 1. The van der Waals surface area contributed by atoms with Gasteiger partial charge in [-0.2, -0.15) is 5.26 Å². The third-order valence-electron chi connectivity index (χ3n) is 3.38. The molecule has 20 heavy (non-hydrogen) atoms. The average molecular weight is 271 g/mol. The maximum atomic E-state index is 12.1. The molecule has 1 aromatic carbocycles. The number of carbonyl (C=O) groups excluding carboxylic acids is 2. The summed E-state index contributed by atoms with van der Waals surface area (Å²) in [5, 5.41) is 8.50. The van der Waals surface area contributed by atoms with Crippen molar-refractivity contribution in [3.05, 3.63) is 29.8 Å². The second-order valence-corrected chi connectivity index (χ2v) is 4.84. The maximum absolute atomic E-state index is 12.1. The molecule has 1 fully saturated rings. The number of piperazine rings is 1. The molecule has 2 rings (SSSR count). The fourth-order valence-corrected chi connectivity index (χ4v) is 2.35. The van der Waals surface area contributed by atoms with Crippen molar-refractivity contribution in [2.24, 2.45) is 0 Å². The summed E-state index contributed by atoms with van der Waals surface area (Å²) in [6.45, 7) is 2.72. The van der Waals surface area contributed by atoms with Crippen LogP contribution in [0.1, 0.15) is 18.4 Å². The number of nitrogens with zero attached hydrogens (tertiary/aromatic N) is 3. The minimum Gasteiger partial charge on any atom is -0.353 e. The highest BCUT2D eigenvalue weighted by Crippen LogP contribution is 2.21. The number of hydrogen-bond donors (Lipinski definition) is 0. The molecule has 1 aromatic rings. The standard InChI is InChI=1S/C15H17N3O2/c1-12-6-2-3-7-13(12)17-10-14(19)18(15(20)11-17)9-5-4-8-16/h2-3,6-7H,4-5,9-11H2,1H3. The Balaban J connectivity index is 2.07. The minimum absolute atomic E-state index is 0.192. The number of hydrogen-bond acceptors (Lipinski definition) is 4. The smallest absolute Gasteiger partial charge is 0.248 e. The summed E-state index contributed by atoms with van der Waals surface area (Å²) in [6, 6.07) is 9.73. The highest BCUT2D eigenvalue weighted by Gasteiger charge is 2.30. The largest absolute Gasteiger partial charge is 0.353 e. The van der Waals surface area contributed by atoms with Crippen LogP contribution in [0.5, 0.6) is 0 Å². The molecule has 1 aliphatic rings. The molecule has 0 bridgehead atoms. The van der Waals surface area contributed by atoms with E-state index in [-0.39, 0.29) is 24.9 Å². The van der Waals surface area contributed by atoms with Crippen molar-refractivity contribution < 1.29 is 9.59 Å². The first-order valence-electron chi connectivity index (χ1n) is 6.64. The normalized spacial score (nSPS) is 15.4. The van der Waals surface area contributed by atoms with Crippen LogP contribution in [-0.2, 0) is 9.59 Å². The Labute approximate surface area is 118 Å². The molecule has 1 heterocycles. The summed E-state index contributed by atoms with van der Waals surface area (Å²) in [5.41, 5.74) is 1.97. The highest BCUT2D eigenvalue weighted by molar-refractivity contribution is 6.02. The van der Waals surface area contributed by atoms with Crippen LogP contribution in [-0.4, -0.2) is 36.3 Å². The van der Waals surface area contributed by atoms with Crippen LogP contribution in [0.25, 0.3) is 0 Å². The monoisotopic (exact) mass is 271 g/mol. The summed E-state index contributed by atoms with van der Waals surface area (Å²) in [7, 11) is 0. The first kappa shape index (κ1) is 14.1. The highest BCUT2D eigenvalue weighted by atomic mass is 16.2. The van der Waals surface area contributed by atoms with Crippen LogP contribution in [0.4, 0.5) is 5.69 Å². The Morgan fingerprint density at radius 2 is 1.85 bits per heavy atom. The molecule has 0 atom stereocenters. The lowest BCUT2D eigenvalue weighted by Gasteiger charge is -2.34. The molecule has 5 heteroatoms. The van der Waals surface area contributed by atoms with Crippen LogP contribution < -0.4 is 4.90 Å². The summed E-state index contributed by atoms with van der Waals surface area (Å²) in [4.78, 5) is 27.2. The van der Waals surface area contributed by atoms with Crippen molar-refractivity contribution >= 4 is 17.5 Å². The van der Waals surface area contributed by atoms with Gasteiger partial charge in [0.25, 0.3) is 0 Å². The minimum atomic E-state index is -0.192. The van der Waals surface area contributed by atoms with Gasteiger partial charge in [-0.15, -0.1) is 0 Å². The fraction of sp³-hybridized carbons (Fsp3) is 0.400. The molecular weight excluding hydrogens is 254 g/mol. The van der Waals surface area contributed by atoms with Crippen molar-refractivity contribution in [2.75, 3.05) is 24.5 Å². The first-order valence-corrected chi connectivity index (χ1v) is 6.64. The Morgan fingerprint density at radius 1 is 1.20 bits per heavy atom. The number of amides is 2. The quantitative estimate of drug-likeness (QED) is 0.614. The lowest BCUT2D eigenvalue weighted by Crippen LogP contribution is -2.54. The van der Waals surface area contributed by atoms with Gasteiger partial charge >= 0.3 is 0 Å².